The van der Waals surface area contributed by atoms with Crippen molar-refractivity contribution in [2.75, 3.05) is 19.6 Å². The molecule has 128 valence electrons. The SMILES string of the molecule is Cc1n[nH]c(C)c1CC(=O)NC[C@H]1CCN(Cc2ccccc2)C1. The van der Waals surface area contributed by atoms with Crippen LogP contribution in [0.2, 0.25) is 0 Å². The summed E-state index contributed by atoms with van der Waals surface area (Å²) in [5.41, 5.74) is 4.27. The lowest BCUT2D eigenvalue weighted by atomic mass is 10.1. The van der Waals surface area contributed by atoms with Crippen LogP contribution in [0.1, 0.15) is 28.9 Å². The molecule has 0 spiro atoms. The highest BCUT2D eigenvalue weighted by molar-refractivity contribution is 5.79. The molecular weight excluding hydrogens is 300 g/mol. The number of likely N-dealkylation sites (tertiary alicyclic amines) is 1. The second-order valence-electron chi connectivity index (χ2n) is 6.77. The van der Waals surface area contributed by atoms with Crippen LogP contribution in [0.15, 0.2) is 30.3 Å². The fourth-order valence-electron chi connectivity index (χ4n) is 3.38. The summed E-state index contributed by atoms with van der Waals surface area (Å²) in [6, 6.07) is 10.6. The van der Waals surface area contributed by atoms with Gasteiger partial charge in [0, 0.05) is 30.9 Å². The van der Waals surface area contributed by atoms with E-state index < -0.39 is 0 Å². The molecule has 1 saturated heterocycles. The van der Waals surface area contributed by atoms with Crippen molar-refractivity contribution in [2.24, 2.45) is 5.92 Å². The standard InChI is InChI=1S/C19H26N4O/c1-14-18(15(2)22-21-14)10-19(24)20-11-17-8-9-23(13-17)12-16-6-4-3-5-7-16/h3-7,17H,8-13H2,1-2H3,(H,20,24)(H,21,22)/t17-/m1/s1. The number of aromatic amines is 1. The minimum absolute atomic E-state index is 0.0871. The minimum Gasteiger partial charge on any atom is -0.355 e. The van der Waals surface area contributed by atoms with Gasteiger partial charge >= 0.3 is 0 Å². The molecule has 1 atom stereocenters. The van der Waals surface area contributed by atoms with Crippen LogP contribution >= 0.6 is 0 Å². The molecule has 5 nitrogen and oxygen atoms in total. The molecule has 1 aliphatic heterocycles. The van der Waals surface area contributed by atoms with Crippen molar-refractivity contribution in [2.45, 2.75) is 33.2 Å². The molecule has 24 heavy (non-hydrogen) atoms. The molecule has 2 aromatic rings. The molecule has 0 saturated carbocycles. The number of hydrogen-bond donors (Lipinski definition) is 2. The Morgan fingerprint density at radius 1 is 1.33 bits per heavy atom. The third-order valence-corrected chi connectivity index (χ3v) is 4.82. The van der Waals surface area contributed by atoms with E-state index in [1.54, 1.807) is 0 Å². The van der Waals surface area contributed by atoms with E-state index in [1.165, 1.54) is 5.56 Å². The molecule has 5 heteroatoms. The number of hydrogen-bond acceptors (Lipinski definition) is 3. The Morgan fingerprint density at radius 3 is 2.83 bits per heavy atom. The maximum Gasteiger partial charge on any atom is 0.224 e. The Bertz CT molecular complexity index is 660. The number of aryl methyl sites for hydroxylation is 2. The van der Waals surface area contributed by atoms with Crippen molar-refractivity contribution in [1.29, 1.82) is 0 Å². The highest BCUT2D eigenvalue weighted by Crippen LogP contribution is 2.18. The predicted molar refractivity (Wildman–Crippen MR) is 94.6 cm³/mol. The van der Waals surface area contributed by atoms with E-state index >= 15 is 0 Å². The first-order chi connectivity index (χ1) is 11.6. The molecule has 0 unspecified atom stereocenters. The number of nitrogens with zero attached hydrogens (tertiary/aromatic N) is 2. The normalized spacial score (nSPS) is 18.0. The van der Waals surface area contributed by atoms with Crippen molar-refractivity contribution in [3.05, 3.63) is 52.8 Å². The summed E-state index contributed by atoms with van der Waals surface area (Å²) in [6.07, 6.45) is 1.56. The van der Waals surface area contributed by atoms with E-state index in [-0.39, 0.29) is 5.91 Å². The van der Waals surface area contributed by atoms with Gasteiger partial charge in [-0.1, -0.05) is 30.3 Å². The number of amides is 1. The molecule has 3 rings (SSSR count). The number of carbonyl (C=O) groups excluding carboxylic acids is 1. The zero-order valence-corrected chi connectivity index (χ0v) is 14.5. The van der Waals surface area contributed by atoms with E-state index in [1.807, 2.05) is 13.8 Å². The number of nitrogens with one attached hydrogen (secondary N) is 2. The molecule has 1 fully saturated rings. The van der Waals surface area contributed by atoms with Crippen molar-refractivity contribution in [1.82, 2.24) is 20.4 Å². The van der Waals surface area contributed by atoms with Gasteiger partial charge in [-0.15, -0.1) is 0 Å². The average Bonchev–Trinajstić information content (AvgIpc) is 3.15. The van der Waals surface area contributed by atoms with Gasteiger partial charge in [0.05, 0.1) is 12.1 Å². The van der Waals surface area contributed by atoms with E-state index in [0.29, 0.717) is 12.3 Å². The Balaban J connectivity index is 1.42. The summed E-state index contributed by atoms with van der Waals surface area (Å²) < 4.78 is 0. The molecule has 0 bridgehead atoms. The van der Waals surface area contributed by atoms with Crippen LogP contribution in [0.4, 0.5) is 0 Å². The van der Waals surface area contributed by atoms with Crippen LogP contribution in [-0.2, 0) is 17.8 Å². The molecule has 0 aliphatic carbocycles. The van der Waals surface area contributed by atoms with Crippen molar-refractivity contribution >= 4 is 5.91 Å². The zero-order valence-electron chi connectivity index (χ0n) is 14.5. The summed E-state index contributed by atoms with van der Waals surface area (Å²) in [7, 11) is 0. The Labute approximate surface area is 143 Å². The number of benzene rings is 1. The summed E-state index contributed by atoms with van der Waals surface area (Å²) >= 11 is 0. The van der Waals surface area contributed by atoms with Crippen LogP contribution in [0.5, 0.6) is 0 Å². The highest BCUT2D eigenvalue weighted by atomic mass is 16.1. The van der Waals surface area contributed by atoms with Crippen LogP contribution in [-0.4, -0.2) is 40.6 Å². The Kier molecular flexibility index (Phi) is 5.30. The third kappa shape index (κ3) is 4.23. The molecule has 1 amide bonds. The van der Waals surface area contributed by atoms with Gasteiger partial charge in [-0.25, -0.2) is 0 Å². The van der Waals surface area contributed by atoms with Gasteiger partial charge in [0.1, 0.15) is 0 Å². The number of H-pyrrole nitrogens is 1. The molecule has 1 aromatic carbocycles. The quantitative estimate of drug-likeness (QED) is 0.855. The van der Waals surface area contributed by atoms with E-state index in [0.717, 1.165) is 49.6 Å². The van der Waals surface area contributed by atoms with Gasteiger partial charge in [0.25, 0.3) is 0 Å². The largest absolute Gasteiger partial charge is 0.355 e. The smallest absolute Gasteiger partial charge is 0.224 e. The van der Waals surface area contributed by atoms with E-state index in [9.17, 15) is 4.79 Å². The second kappa shape index (κ2) is 7.62. The summed E-state index contributed by atoms with van der Waals surface area (Å²) in [5.74, 6) is 0.633. The number of aromatic nitrogens is 2. The van der Waals surface area contributed by atoms with Crippen molar-refractivity contribution < 1.29 is 4.79 Å². The van der Waals surface area contributed by atoms with E-state index in [2.05, 4.69) is 50.7 Å². The number of carbonyl (C=O) groups is 1. The maximum atomic E-state index is 12.2. The topological polar surface area (TPSA) is 61.0 Å². The second-order valence-corrected chi connectivity index (χ2v) is 6.77. The van der Waals surface area contributed by atoms with Gasteiger partial charge in [0.15, 0.2) is 0 Å². The lowest BCUT2D eigenvalue weighted by Gasteiger charge is -2.16. The first-order valence-electron chi connectivity index (χ1n) is 8.65. The van der Waals surface area contributed by atoms with Crippen LogP contribution in [0.25, 0.3) is 0 Å². The van der Waals surface area contributed by atoms with Crippen molar-refractivity contribution in [3.8, 4) is 0 Å². The molecule has 2 heterocycles. The monoisotopic (exact) mass is 326 g/mol. The first kappa shape index (κ1) is 16.7. The zero-order chi connectivity index (χ0) is 16.9. The fraction of sp³-hybridized carbons (Fsp3) is 0.474. The summed E-state index contributed by atoms with van der Waals surface area (Å²) in [5, 5.41) is 10.2. The van der Waals surface area contributed by atoms with Gasteiger partial charge < -0.3 is 5.32 Å². The van der Waals surface area contributed by atoms with Crippen molar-refractivity contribution in [3.63, 3.8) is 0 Å². The fourth-order valence-corrected chi connectivity index (χ4v) is 3.38. The molecule has 1 aliphatic rings. The van der Waals surface area contributed by atoms with Gasteiger partial charge in [-0.05, 0) is 38.3 Å². The average molecular weight is 326 g/mol. The Morgan fingerprint density at radius 2 is 2.12 bits per heavy atom. The van der Waals surface area contributed by atoms with Gasteiger partial charge in [-0.2, -0.15) is 5.10 Å². The Hall–Kier alpha value is -2.14. The lowest BCUT2D eigenvalue weighted by molar-refractivity contribution is -0.120. The first-order valence-corrected chi connectivity index (χ1v) is 8.65. The van der Waals surface area contributed by atoms with Gasteiger partial charge in [0.2, 0.25) is 5.91 Å². The molecule has 2 N–H and O–H groups in total. The number of rotatable bonds is 6. The molecule has 1 aromatic heterocycles. The van der Waals surface area contributed by atoms with E-state index in [4.69, 9.17) is 0 Å². The van der Waals surface area contributed by atoms with Crippen LogP contribution in [0.3, 0.4) is 0 Å². The third-order valence-electron chi connectivity index (χ3n) is 4.82. The lowest BCUT2D eigenvalue weighted by Crippen LogP contribution is -2.32. The molecular formula is C19H26N4O. The minimum atomic E-state index is 0.0871. The maximum absolute atomic E-state index is 12.2. The van der Waals surface area contributed by atoms with Crippen LogP contribution < -0.4 is 5.32 Å². The summed E-state index contributed by atoms with van der Waals surface area (Å²) in [6.45, 7) is 7.82. The molecule has 0 radical (unpaired) electrons. The van der Waals surface area contributed by atoms with Gasteiger partial charge in [-0.3, -0.25) is 14.8 Å². The summed E-state index contributed by atoms with van der Waals surface area (Å²) in [4.78, 5) is 14.6. The van der Waals surface area contributed by atoms with Crippen LogP contribution in [0, 0.1) is 19.8 Å². The highest BCUT2D eigenvalue weighted by Gasteiger charge is 2.23. The predicted octanol–water partition coefficient (Wildman–Crippen LogP) is 2.21.